The fraction of sp³-hybridized carbons (Fsp3) is 0.562. The van der Waals surface area contributed by atoms with Gasteiger partial charge in [-0.2, -0.15) is 4.31 Å². The van der Waals surface area contributed by atoms with Gasteiger partial charge in [0.1, 0.15) is 11.4 Å². The first-order valence-corrected chi connectivity index (χ1v) is 9.31. The normalized spacial score (nSPS) is 17.5. The van der Waals surface area contributed by atoms with E-state index in [1.54, 1.807) is 20.8 Å². The lowest BCUT2D eigenvalue weighted by atomic mass is 10.1. The molecular weight excluding hydrogens is 332 g/mol. The summed E-state index contributed by atoms with van der Waals surface area (Å²) in [6.07, 6.45) is 0.533. The molecule has 1 amide bonds. The standard InChI is InChI=1S/C16H24N2O5S/c1-16(2,3)23-15(20)17-12-7-9-18(10-8-12)24(21,22)14-6-4-5-13(19)11-14/h4-6,11-12,19H,7-10H2,1-3H3,(H,17,20). The van der Waals surface area contributed by atoms with Gasteiger partial charge in [-0.05, 0) is 51.8 Å². The summed E-state index contributed by atoms with van der Waals surface area (Å²) in [6.45, 7) is 5.97. The number of hydrogen-bond donors (Lipinski definition) is 2. The molecule has 0 aromatic heterocycles. The Hall–Kier alpha value is -1.80. The zero-order valence-electron chi connectivity index (χ0n) is 14.2. The van der Waals surface area contributed by atoms with E-state index in [-0.39, 0.29) is 16.7 Å². The maximum Gasteiger partial charge on any atom is 0.407 e. The summed E-state index contributed by atoms with van der Waals surface area (Å²) in [5.41, 5.74) is -0.566. The molecule has 1 aromatic rings. The number of piperidine rings is 1. The molecule has 0 spiro atoms. The Morgan fingerprint density at radius 1 is 1.29 bits per heavy atom. The van der Waals surface area contributed by atoms with Crippen molar-refractivity contribution in [1.82, 2.24) is 9.62 Å². The molecule has 0 saturated carbocycles. The Kier molecular flexibility index (Phi) is 5.39. The highest BCUT2D eigenvalue weighted by Gasteiger charge is 2.30. The third kappa shape index (κ3) is 4.85. The lowest BCUT2D eigenvalue weighted by Gasteiger charge is -2.32. The molecule has 0 radical (unpaired) electrons. The van der Waals surface area contributed by atoms with Crippen molar-refractivity contribution in [1.29, 1.82) is 0 Å². The molecule has 0 bridgehead atoms. The minimum Gasteiger partial charge on any atom is -0.508 e. The van der Waals surface area contributed by atoms with E-state index in [2.05, 4.69) is 5.32 Å². The van der Waals surface area contributed by atoms with Gasteiger partial charge in [0, 0.05) is 19.1 Å². The summed E-state index contributed by atoms with van der Waals surface area (Å²) in [5, 5.41) is 12.2. The SMILES string of the molecule is CC(C)(C)OC(=O)NC1CCN(S(=O)(=O)c2cccc(O)c2)CC1. The second-order valence-electron chi connectivity index (χ2n) is 6.82. The number of amides is 1. The van der Waals surface area contributed by atoms with Crippen LogP contribution in [0.15, 0.2) is 29.2 Å². The van der Waals surface area contributed by atoms with E-state index in [4.69, 9.17) is 4.74 Å². The van der Waals surface area contributed by atoms with Gasteiger partial charge in [0.2, 0.25) is 10.0 Å². The van der Waals surface area contributed by atoms with Gasteiger partial charge < -0.3 is 15.2 Å². The number of nitrogens with zero attached hydrogens (tertiary/aromatic N) is 1. The van der Waals surface area contributed by atoms with Gasteiger partial charge in [-0.1, -0.05) is 6.07 Å². The van der Waals surface area contributed by atoms with E-state index < -0.39 is 21.7 Å². The topological polar surface area (TPSA) is 95.9 Å². The van der Waals surface area contributed by atoms with Crippen LogP contribution >= 0.6 is 0 Å². The van der Waals surface area contributed by atoms with Crippen LogP contribution in [0.5, 0.6) is 5.75 Å². The van der Waals surface area contributed by atoms with Crippen molar-refractivity contribution in [3.8, 4) is 5.75 Å². The number of carbonyl (C=O) groups excluding carboxylic acids is 1. The number of carbonyl (C=O) groups is 1. The van der Waals surface area contributed by atoms with E-state index in [9.17, 15) is 18.3 Å². The van der Waals surface area contributed by atoms with Crippen LogP contribution in [0, 0.1) is 0 Å². The van der Waals surface area contributed by atoms with Gasteiger partial charge in [0.25, 0.3) is 0 Å². The molecule has 1 saturated heterocycles. The number of sulfonamides is 1. The smallest absolute Gasteiger partial charge is 0.407 e. The Morgan fingerprint density at radius 2 is 1.92 bits per heavy atom. The van der Waals surface area contributed by atoms with Gasteiger partial charge in [0.05, 0.1) is 4.90 Å². The third-order valence-electron chi connectivity index (χ3n) is 3.63. The van der Waals surface area contributed by atoms with Crippen molar-refractivity contribution < 1.29 is 23.1 Å². The average Bonchev–Trinajstić information content (AvgIpc) is 2.45. The minimum atomic E-state index is -3.64. The highest BCUT2D eigenvalue weighted by atomic mass is 32.2. The lowest BCUT2D eigenvalue weighted by Crippen LogP contribution is -2.47. The first-order valence-electron chi connectivity index (χ1n) is 7.87. The maximum atomic E-state index is 12.6. The molecule has 0 atom stereocenters. The summed E-state index contributed by atoms with van der Waals surface area (Å²) in [5.74, 6) is -0.0856. The molecule has 1 fully saturated rings. The predicted octanol–water partition coefficient (Wildman–Crippen LogP) is 2.07. The number of phenolic OH excluding ortho intramolecular Hbond substituents is 1. The zero-order valence-corrected chi connectivity index (χ0v) is 15.0. The van der Waals surface area contributed by atoms with Crippen molar-refractivity contribution in [2.24, 2.45) is 0 Å². The maximum absolute atomic E-state index is 12.6. The van der Waals surface area contributed by atoms with Crippen LogP contribution in [-0.4, -0.2) is 48.7 Å². The molecule has 8 heteroatoms. The van der Waals surface area contributed by atoms with Gasteiger partial charge in [0.15, 0.2) is 0 Å². The summed E-state index contributed by atoms with van der Waals surface area (Å²) in [7, 11) is -3.64. The van der Waals surface area contributed by atoms with Gasteiger partial charge >= 0.3 is 6.09 Å². The Balaban J connectivity index is 1.94. The fourth-order valence-electron chi connectivity index (χ4n) is 2.51. The van der Waals surface area contributed by atoms with Crippen molar-refractivity contribution in [2.75, 3.05) is 13.1 Å². The lowest BCUT2D eigenvalue weighted by molar-refractivity contribution is 0.0489. The second kappa shape index (κ2) is 6.98. The molecule has 1 aliphatic rings. The minimum absolute atomic E-state index is 0.0704. The van der Waals surface area contributed by atoms with E-state index in [0.29, 0.717) is 25.9 Å². The molecule has 0 aliphatic carbocycles. The van der Waals surface area contributed by atoms with E-state index in [1.807, 2.05) is 0 Å². The van der Waals surface area contributed by atoms with E-state index >= 15 is 0 Å². The Bertz CT molecular complexity index is 689. The van der Waals surface area contributed by atoms with Crippen molar-refractivity contribution in [3.63, 3.8) is 0 Å². The number of alkyl carbamates (subject to hydrolysis) is 1. The first-order chi connectivity index (χ1) is 11.1. The van der Waals surface area contributed by atoms with Crippen LogP contribution in [0.4, 0.5) is 4.79 Å². The third-order valence-corrected chi connectivity index (χ3v) is 5.52. The van der Waals surface area contributed by atoms with Gasteiger partial charge in [-0.3, -0.25) is 0 Å². The molecule has 1 heterocycles. The number of benzene rings is 1. The fourth-order valence-corrected chi connectivity index (χ4v) is 4.02. The number of hydrogen-bond acceptors (Lipinski definition) is 5. The largest absolute Gasteiger partial charge is 0.508 e. The number of rotatable bonds is 3. The van der Waals surface area contributed by atoms with E-state index in [1.165, 1.54) is 28.6 Å². The summed E-state index contributed by atoms with van der Waals surface area (Å²) < 4.78 is 31.7. The first kappa shape index (κ1) is 18.5. The van der Waals surface area contributed by atoms with Gasteiger partial charge in [-0.15, -0.1) is 0 Å². The van der Waals surface area contributed by atoms with Crippen LogP contribution < -0.4 is 5.32 Å². The molecule has 7 nitrogen and oxygen atoms in total. The zero-order chi connectivity index (χ0) is 18.0. The van der Waals surface area contributed by atoms with Crippen LogP contribution in [0.3, 0.4) is 0 Å². The number of nitrogens with one attached hydrogen (secondary N) is 1. The average molecular weight is 356 g/mol. The van der Waals surface area contributed by atoms with Crippen molar-refractivity contribution in [2.45, 2.75) is 50.2 Å². The van der Waals surface area contributed by atoms with Crippen LogP contribution in [-0.2, 0) is 14.8 Å². The van der Waals surface area contributed by atoms with Crippen molar-refractivity contribution in [3.05, 3.63) is 24.3 Å². The second-order valence-corrected chi connectivity index (χ2v) is 8.76. The molecule has 0 unspecified atom stereocenters. The highest BCUT2D eigenvalue weighted by Crippen LogP contribution is 2.23. The quantitative estimate of drug-likeness (QED) is 0.864. The number of aromatic hydroxyl groups is 1. The van der Waals surface area contributed by atoms with Crippen LogP contribution in [0.2, 0.25) is 0 Å². The van der Waals surface area contributed by atoms with Crippen LogP contribution in [0.1, 0.15) is 33.6 Å². The summed E-state index contributed by atoms with van der Waals surface area (Å²) >= 11 is 0. The van der Waals surface area contributed by atoms with Crippen LogP contribution in [0.25, 0.3) is 0 Å². The Morgan fingerprint density at radius 3 is 2.46 bits per heavy atom. The highest BCUT2D eigenvalue weighted by molar-refractivity contribution is 7.89. The molecule has 24 heavy (non-hydrogen) atoms. The predicted molar refractivity (Wildman–Crippen MR) is 89.3 cm³/mol. The molecule has 1 aromatic carbocycles. The van der Waals surface area contributed by atoms with Gasteiger partial charge in [-0.25, -0.2) is 13.2 Å². The molecular formula is C16H24N2O5S. The molecule has 1 aliphatic heterocycles. The molecule has 2 N–H and O–H groups in total. The number of ether oxygens (including phenoxy) is 1. The molecule has 2 rings (SSSR count). The van der Waals surface area contributed by atoms with E-state index in [0.717, 1.165) is 0 Å². The summed E-state index contributed by atoms with van der Waals surface area (Å²) in [6, 6.07) is 5.51. The Labute approximate surface area is 142 Å². The number of phenols is 1. The monoisotopic (exact) mass is 356 g/mol. The molecule has 134 valence electrons. The summed E-state index contributed by atoms with van der Waals surface area (Å²) in [4.78, 5) is 11.8. The van der Waals surface area contributed by atoms with Crippen molar-refractivity contribution >= 4 is 16.1 Å².